The molecule has 0 fully saturated rings. The van der Waals surface area contributed by atoms with E-state index in [2.05, 4.69) is 188 Å². The van der Waals surface area contributed by atoms with E-state index in [1.165, 1.54) is 76.2 Å². The Hall–Kier alpha value is -7.20. The Kier molecular flexibility index (Phi) is 7.35. The molecule has 0 aliphatic heterocycles. The Morgan fingerprint density at radius 3 is 1.47 bits per heavy atom. The molecule has 0 radical (unpaired) electrons. The predicted octanol–water partition coefficient (Wildman–Crippen LogP) is 14.4. The van der Waals surface area contributed by atoms with Crippen molar-refractivity contribution in [2.75, 3.05) is 0 Å². The van der Waals surface area contributed by atoms with Crippen molar-refractivity contribution >= 4 is 21.4 Å². The fourth-order valence-electron chi connectivity index (χ4n) is 9.48. The van der Waals surface area contributed by atoms with Crippen LogP contribution in [0.15, 0.2) is 206 Å². The van der Waals surface area contributed by atoms with Crippen LogP contribution in [0.2, 0.25) is 0 Å². The maximum absolute atomic E-state index is 5.14. The van der Waals surface area contributed by atoms with E-state index in [1.54, 1.807) is 0 Å². The summed E-state index contributed by atoms with van der Waals surface area (Å²) in [7, 11) is 0. The maximum atomic E-state index is 5.14. The Morgan fingerprint density at radius 2 is 0.828 bits per heavy atom. The maximum Gasteiger partial charge on any atom is 0.160 e. The molecule has 0 saturated carbocycles. The van der Waals surface area contributed by atoms with Crippen molar-refractivity contribution in [2.24, 2.45) is 0 Å². The van der Waals surface area contributed by atoms with Crippen molar-refractivity contribution in [1.29, 1.82) is 0 Å². The van der Waals surface area contributed by atoms with Crippen LogP contribution in [0, 0.1) is 0 Å². The second-order valence-corrected chi connectivity index (χ2v) is 16.3. The first-order chi connectivity index (χ1) is 28.7. The van der Waals surface area contributed by atoms with E-state index in [0.717, 1.165) is 28.1 Å². The monoisotopic (exact) mass is 754 g/mol. The Labute approximate surface area is 341 Å². The van der Waals surface area contributed by atoms with Crippen LogP contribution in [0.5, 0.6) is 0 Å². The van der Waals surface area contributed by atoms with Crippen molar-refractivity contribution in [3.8, 4) is 78.4 Å². The molecule has 0 N–H and O–H groups in total. The highest BCUT2D eigenvalue weighted by Gasteiger charge is 2.53. The summed E-state index contributed by atoms with van der Waals surface area (Å²) < 4.78 is 1.34. The molecule has 10 aromatic rings. The van der Waals surface area contributed by atoms with Crippen LogP contribution in [0.4, 0.5) is 0 Å². The highest BCUT2D eigenvalue weighted by Crippen LogP contribution is 2.66. The lowest BCUT2D eigenvalue weighted by Crippen LogP contribution is -2.24. The van der Waals surface area contributed by atoms with Gasteiger partial charge in [-0.1, -0.05) is 188 Å². The third kappa shape index (κ3) is 4.90. The van der Waals surface area contributed by atoms with E-state index >= 15 is 0 Å². The smallest absolute Gasteiger partial charge is 0.160 e. The molecule has 58 heavy (non-hydrogen) atoms. The van der Waals surface area contributed by atoms with E-state index in [-0.39, 0.29) is 5.41 Å². The standard InChI is InChI=1S/C55H34N2S/c1-3-13-35(14-4-1)36-23-27-38(28-24-36)49-34-50(57-54(56-49)40-15-5-2-6-16-40)39-29-25-37(26-30-39)41-31-32-44-48(33-41)55(53-52(44)45-19-9-12-22-51(45)58-53)46-20-10-7-17-42(46)43-18-8-11-21-47(43)55/h1-34H. The summed E-state index contributed by atoms with van der Waals surface area (Å²) in [6.45, 7) is 0. The van der Waals surface area contributed by atoms with Crippen LogP contribution in [-0.4, -0.2) is 9.97 Å². The summed E-state index contributed by atoms with van der Waals surface area (Å²) in [4.78, 5) is 11.7. The lowest BCUT2D eigenvalue weighted by Gasteiger charge is -2.29. The average molecular weight is 755 g/mol. The van der Waals surface area contributed by atoms with E-state index in [4.69, 9.17) is 9.97 Å². The molecular weight excluding hydrogens is 721 g/mol. The molecule has 3 heteroatoms. The zero-order valence-corrected chi connectivity index (χ0v) is 32.2. The molecule has 0 atom stereocenters. The van der Waals surface area contributed by atoms with Crippen molar-refractivity contribution < 1.29 is 0 Å². The summed E-state index contributed by atoms with van der Waals surface area (Å²) in [5.74, 6) is 0.713. The fourth-order valence-corrected chi connectivity index (χ4v) is 10.9. The largest absolute Gasteiger partial charge is 0.228 e. The lowest BCUT2D eigenvalue weighted by atomic mass is 9.73. The van der Waals surface area contributed by atoms with Gasteiger partial charge in [0.2, 0.25) is 0 Å². The zero-order chi connectivity index (χ0) is 38.2. The van der Waals surface area contributed by atoms with Gasteiger partial charge in [-0.15, -0.1) is 11.3 Å². The minimum Gasteiger partial charge on any atom is -0.228 e. The number of aromatic nitrogens is 2. The van der Waals surface area contributed by atoms with E-state index < -0.39 is 0 Å². The van der Waals surface area contributed by atoms with E-state index in [1.807, 2.05) is 29.5 Å². The molecule has 270 valence electrons. The molecule has 2 heterocycles. The predicted molar refractivity (Wildman–Crippen MR) is 241 cm³/mol. The van der Waals surface area contributed by atoms with Gasteiger partial charge in [0.1, 0.15) is 0 Å². The van der Waals surface area contributed by atoms with Gasteiger partial charge >= 0.3 is 0 Å². The van der Waals surface area contributed by atoms with Crippen LogP contribution < -0.4 is 0 Å². The fraction of sp³-hybridized carbons (Fsp3) is 0.0182. The highest BCUT2D eigenvalue weighted by molar-refractivity contribution is 7.20. The third-order valence-electron chi connectivity index (χ3n) is 12.1. The molecular formula is C55H34N2S. The van der Waals surface area contributed by atoms with Crippen LogP contribution in [0.25, 0.3) is 88.5 Å². The SMILES string of the molecule is c1ccc(-c2ccc(-c3cc(-c4ccc(-c5ccc6c(c5)C5(c7ccccc7-c7ccccc75)c5sc7ccccc7c5-6)cc4)nc(-c4ccccc4)n3)cc2)cc1. The average Bonchev–Trinajstić information content (AvgIpc) is 3.93. The Bertz CT molecular complexity index is 3150. The van der Waals surface area contributed by atoms with Crippen LogP contribution in [-0.2, 0) is 5.41 Å². The summed E-state index contributed by atoms with van der Waals surface area (Å²) in [5.41, 5.74) is 18.8. The first-order valence-corrected chi connectivity index (χ1v) is 20.6. The Balaban J connectivity index is 0.974. The third-order valence-corrected chi connectivity index (χ3v) is 13.4. The number of hydrogen-bond donors (Lipinski definition) is 0. The molecule has 0 saturated heterocycles. The quantitative estimate of drug-likeness (QED) is 0.175. The van der Waals surface area contributed by atoms with Gasteiger partial charge in [-0.05, 0) is 73.8 Å². The highest BCUT2D eigenvalue weighted by atomic mass is 32.1. The molecule has 2 aliphatic carbocycles. The molecule has 2 aliphatic rings. The molecule has 0 bridgehead atoms. The second-order valence-electron chi connectivity index (χ2n) is 15.3. The molecule has 8 aromatic carbocycles. The number of benzene rings is 8. The number of hydrogen-bond acceptors (Lipinski definition) is 3. The van der Waals surface area contributed by atoms with Gasteiger partial charge in [0, 0.05) is 37.2 Å². The molecule has 2 nitrogen and oxygen atoms in total. The number of nitrogens with zero attached hydrogens (tertiary/aromatic N) is 2. The normalized spacial score (nSPS) is 13.0. The van der Waals surface area contributed by atoms with Gasteiger partial charge < -0.3 is 0 Å². The summed E-state index contributed by atoms with van der Waals surface area (Å²) in [6, 6.07) is 74.7. The molecule has 1 spiro atoms. The second kappa shape index (κ2) is 12.9. The molecule has 0 unspecified atom stereocenters. The summed E-state index contributed by atoms with van der Waals surface area (Å²) in [6.07, 6.45) is 0. The van der Waals surface area contributed by atoms with Crippen molar-refractivity contribution in [1.82, 2.24) is 9.97 Å². The van der Waals surface area contributed by atoms with E-state index in [0.29, 0.717) is 5.82 Å². The van der Waals surface area contributed by atoms with Crippen LogP contribution in [0.3, 0.4) is 0 Å². The van der Waals surface area contributed by atoms with Gasteiger partial charge in [-0.2, -0.15) is 0 Å². The van der Waals surface area contributed by atoms with Crippen LogP contribution >= 0.6 is 11.3 Å². The van der Waals surface area contributed by atoms with Gasteiger partial charge in [-0.25, -0.2) is 9.97 Å². The van der Waals surface area contributed by atoms with Gasteiger partial charge in [-0.3, -0.25) is 0 Å². The lowest BCUT2D eigenvalue weighted by molar-refractivity contribution is 0.812. The van der Waals surface area contributed by atoms with Crippen molar-refractivity contribution in [3.05, 3.63) is 228 Å². The number of fused-ring (bicyclic) bond motifs is 12. The van der Waals surface area contributed by atoms with E-state index in [9.17, 15) is 0 Å². The Morgan fingerprint density at radius 1 is 0.345 bits per heavy atom. The zero-order valence-electron chi connectivity index (χ0n) is 31.4. The van der Waals surface area contributed by atoms with Gasteiger partial charge in [0.25, 0.3) is 0 Å². The molecule has 0 amide bonds. The minimum atomic E-state index is -0.373. The summed E-state index contributed by atoms with van der Waals surface area (Å²) >= 11 is 1.95. The summed E-state index contributed by atoms with van der Waals surface area (Å²) in [5, 5.41) is 1.34. The van der Waals surface area contributed by atoms with Crippen molar-refractivity contribution in [3.63, 3.8) is 0 Å². The van der Waals surface area contributed by atoms with Crippen molar-refractivity contribution in [2.45, 2.75) is 5.41 Å². The minimum absolute atomic E-state index is 0.373. The van der Waals surface area contributed by atoms with Crippen LogP contribution in [0.1, 0.15) is 21.6 Å². The number of rotatable bonds is 5. The van der Waals surface area contributed by atoms with Gasteiger partial charge in [0.05, 0.1) is 16.8 Å². The first kappa shape index (κ1) is 33.0. The topological polar surface area (TPSA) is 25.8 Å². The van der Waals surface area contributed by atoms with Gasteiger partial charge in [0.15, 0.2) is 5.82 Å². The first-order valence-electron chi connectivity index (χ1n) is 19.8. The molecule has 12 rings (SSSR count). The molecule has 2 aromatic heterocycles. The number of thiophene rings is 1.